The topological polar surface area (TPSA) is 84.4 Å². The Hall–Kier alpha value is -3.26. The van der Waals surface area contributed by atoms with Crippen LogP contribution in [0.15, 0.2) is 48.5 Å². The second-order valence-electron chi connectivity index (χ2n) is 6.82. The summed E-state index contributed by atoms with van der Waals surface area (Å²) in [4.78, 5) is 26.8. The van der Waals surface area contributed by atoms with Crippen molar-refractivity contribution in [3.63, 3.8) is 0 Å². The van der Waals surface area contributed by atoms with Crippen LogP contribution < -0.4 is 15.0 Å². The molecule has 0 unspecified atom stereocenters. The molecule has 0 radical (unpaired) electrons. The molecule has 0 bridgehead atoms. The van der Waals surface area contributed by atoms with E-state index < -0.39 is 0 Å². The fraction of sp³-hybridized carbons (Fsp3) is 0.238. The van der Waals surface area contributed by atoms with E-state index in [0.29, 0.717) is 29.4 Å². The van der Waals surface area contributed by atoms with Gasteiger partial charge in [-0.15, -0.1) is 10.2 Å². The van der Waals surface area contributed by atoms with Crippen LogP contribution in [0.5, 0.6) is 5.75 Å². The van der Waals surface area contributed by atoms with Crippen LogP contribution in [0.25, 0.3) is 0 Å². The first-order chi connectivity index (χ1) is 14.0. The lowest BCUT2D eigenvalue weighted by atomic mass is 10.1. The SMILES string of the molecule is COc1cccc(C(=O)Nc2nnc([C@H]3CC(=O)N(c4ccccc4C)C3)s2)c1. The lowest BCUT2D eigenvalue weighted by molar-refractivity contribution is -0.117. The Morgan fingerprint density at radius 3 is 2.83 bits per heavy atom. The molecule has 29 heavy (non-hydrogen) atoms. The molecule has 7 nitrogen and oxygen atoms in total. The lowest BCUT2D eigenvalue weighted by Gasteiger charge is -2.18. The number of carbonyl (C=O) groups is 2. The van der Waals surface area contributed by atoms with E-state index in [1.165, 1.54) is 11.3 Å². The third kappa shape index (κ3) is 3.97. The number of para-hydroxylation sites is 1. The molecule has 1 aromatic heterocycles. The van der Waals surface area contributed by atoms with Crippen LogP contribution in [0, 0.1) is 6.92 Å². The fourth-order valence-corrected chi connectivity index (χ4v) is 4.19. The average Bonchev–Trinajstić information content (AvgIpc) is 3.35. The maximum atomic E-state index is 12.5. The Bertz CT molecular complexity index is 1070. The zero-order valence-electron chi connectivity index (χ0n) is 16.1. The largest absolute Gasteiger partial charge is 0.497 e. The molecule has 0 aliphatic carbocycles. The van der Waals surface area contributed by atoms with Crippen LogP contribution in [0.2, 0.25) is 0 Å². The Morgan fingerprint density at radius 2 is 2.03 bits per heavy atom. The minimum atomic E-state index is -0.282. The van der Waals surface area contributed by atoms with Gasteiger partial charge in [0.2, 0.25) is 11.0 Å². The standard InChI is InChI=1S/C21H20N4O3S/c1-13-6-3-4-9-17(13)25-12-15(11-18(25)26)20-23-24-21(29-20)22-19(27)14-7-5-8-16(10-14)28-2/h3-10,15H,11-12H2,1-2H3,(H,22,24,27)/t15-/m0/s1. The highest BCUT2D eigenvalue weighted by molar-refractivity contribution is 7.15. The first-order valence-electron chi connectivity index (χ1n) is 9.20. The molecule has 2 aromatic carbocycles. The second kappa shape index (κ2) is 8.00. The van der Waals surface area contributed by atoms with Gasteiger partial charge in [-0.25, -0.2) is 0 Å². The molecule has 0 spiro atoms. The summed E-state index contributed by atoms with van der Waals surface area (Å²) in [7, 11) is 1.55. The van der Waals surface area contributed by atoms with Gasteiger partial charge in [-0.2, -0.15) is 0 Å². The van der Waals surface area contributed by atoms with Gasteiger partial charge in [0.1, 0.15) is 10.8 Å². The first-order valence-corrected chi connectivity index (χ1v) is 10.0. The van der Waals surface area contributed by atoms with Crippen molar-refractivity contribution in [2.75, 3.05) is 23.9 Å². The van der Waals surface area contributed by atoms with Crippen LogP contribution in [0.3, 0.4) is 0 Å². The number of rotatable bonds is 5. The van der Waals surface area contributed by atoms with E-state index in [1.807, 2.05) is 31.2 Å². The third-order valence-electron chi connectivity index (χ3n) is 4.87. The van der Waals surface area contributed by atoms with Crippen molar-refractivity contribution in [2.24, 2.45) is 0 Å². The Balaban J connectivity index is 1.46. The van der Waals surface area contributed by atoms with E-state index in [0.717, 1.165) is 16.3 Å². The number of methoxy groups -OCH3 is 1. The van der Waals surface area contributed by atoms with Crippen LogP contribution in [0.1, 0.15) is 33.3 Å². The summed E-state index contributed by atoms with van der Waals surface area (Å²) in [5.41, 5.74) is 2.46. The van der Waals surface area contributed by atoms with Crippen LogP contribution >= 0.6 is 11.3 Å². The number of nitrogens with one attached hydrogen (secondary N) is 1. The highest BCUT2D eigenvalue weighted by Gasteiger charge is 2.34. The Labute approximate surface area is 172 Å². The maximum absolute atomic E-state index is 12.5. The van der Waals surface area contributed by atoms with Crippen LogP contribution in [-0.2, 0) is 4.79 Å². The molecule has 1 N–H and O–H groups in total. The van der Waals surface area contributed by atoms with E-state index in [4.69, 9.17) is 4.74 Å². The molecule has 4 rings (SSSR count). The van der Waals surface area contributed by atoms with Gasteiger partial charge in [-0.3, -0.25) is 14.9 Å². The summed E-state index contributed by atoms with van der Waals surface area (Å²) in [6.07, 6.45) is 0.382. The number of hydrogen-bond donors (Lipinski definition) is 1. The molecule has 1 atom stereocenters. The number of aromatic nitrogens is 2. The summed E-state index contributed by atoms with van der Waals surface area (Å²) in [6.45, 7) is 2.55. The number of carbonyl (C=O) groups excluding carboxylic acids is 2. The highest BCUT2D eigenvalue weighted by Crippen LogP contribution is 2.35. The minimum Gasteiger partial charge on any atom is -0.497 e. The predicted octanol–water partition coefficient (Wildman–Crippen LogP) is 3.63. The zero-order chi connectivity index (χ0) is 20.4. The Kier molecular flexibility index (Phi) is 5.26. The predicted molar refractivity (Wildman–Crippen MR) is 112 cm³/mol. The van der Waals surface area contributed by atoms with Crippen molar-refractivity contribution in [1.82, 2.24) is 10.2 Å². The van der Waals surface area contributed by atoms with E-state index >= 15 is 0 Å². The average molecular weight is 408 g/mol. The van der Waals surface area contributed by atoms with Gasteiger partial charge in [-0.1, -0.05) is 35.6 Å². The number of hydrogen-bond acceptors (Lipinski definition) is 6. The van der Waals surface area contributed by atoms with Gasteiger partial charge in [0.25, 0.3) is 5.91 Å². The van der Waals surface area contributed by atoms with Crippen molar-refractivity contribution < 1.29 is 14.3 Å². The van der Waals surface area contributed by atoms with E-state index in [-0.39, 0.29) is 17.7 Å². The fourth-order valence-electron chi connectivity index (χ4n) is 3.36. The molecular weight excluding hydrogens is 388 g/mol. The minimum absolute atomic E-state index is 0.0397. The van der Waals surface area contributed by atoms with Crippen LogP contribution in [-0.4, -0.2) is 35.7 Å². The van der Waals surface area contributed by atoms with Crippen molar-refractivity contribution in [2.45, 2.75) is 19.3 Å². The summed E-state index contributed by atoms with van der Waals surface area (Å²) < 4.78 is 5.15. The molecule has 2 amide bonds. The number of nitrogens with zero attached hydrogens (tertiary/aromatic N) is 3. The van der Waals surface area contributed by atoms with Crippen molar-refractivity contribution in [3.8, 4) is 5.75 Å². The lowest BCUT2D eigenvalue weighted by Crippen LogP contribution is -2.25. The summed E-state index contributed by atoms with van der Waals surface area (Å²) >= 11 is 1.30. The highest BCUT2D eigenvalue weighted by atomic mass is 32.1. The molecule has 0 saturated carbocycles. The van der Waals surface area contributed by atoms with Gasteiger partial charge < -0.3 is 9.64 Å². The maximum Gasteiger partial charge on any atom is 0.257 e. The molecule has 1 saturated heterocycles. The number of amides is 2. The van der Waals surface area contributed by atoms with Gasteiger partial charge in [0.15, 0.2) is 0 Å². The molecular formula is C21H20N4O3S. The monoisotopic (exact) mass is 408 g/mol. The molecule has 1 aliphatic heterocycles. The third-order valence-corrected chi connectivity index (χ3v) is 5.87. The van der Waals surface area contributed by atoms with Gasteiger partial charge in [0, 0.05) is 30.1 Å². The van der Waals surface area contributed by atoms with Gasteiger partial charge >= 0.3 is 0 Å². The second-order valence-corrected chi connectivity index (χ2v) is 7.83. The van der Waals surface area contributed by atoms with Crippen molar-refractivity contribution in [3.05, 3.63) is 64.7 Å². The normalized spacial score (nSPS) is 16.1. The molecule has 3 aromatic rings. The number of anilines is 2. The summed E-state index contributed by atoms with van der Waals surface area (Å²) in [5.74, 6) is 0.357. The molecule has 1 aliphatic rings. The van der Waals surface area contributed by atoms with E-state index in [9.17, 15) is 9.59 Å². The molecule has 1 fully saturated rings. The van der Waals surface area contributed by atoms with Crippen molar-refractivity contribution in [1.29, 1.82) is 0 Å². The summed E-state index contributed by atoms with van der Waals surface area (Å²) in [5, 5.41) is 12.2. The number of ether oxygens (including phenoxy) is 1. The smallest absolute Gasteiger partial charge is 0.257 e. The van der Waals surface area contributed by atoms with Gasteiger partial charge in [0.05, 0.1) is 7.11 Å². The first kappa shape index (κ1) is 19.1. The Morgan fingerprint density at radius 1 is 1.21 bits per heavy atom. The van der Waals surface area contributed by atoms with Crippen molar-refractivity contribution >= 4 is 34.0 Å². The quantitative estimate of drug-likeness (QED) is 0.697. The number of benzene rings is 2. The molecule has 2 heterocycles. The number of aryl methyl sites for hydroxylation is 1. The summed E-state index contributed by atoms with van der Waals surface area (Å²) in [6, 6.07) is 14.7. The van der Waals surface area contributed by atoms with Gasteiger partial charge in [-0.05, 0) is 36.8 Å². The van der Waals surface area contributed by atoms with E-state index in [1.54, 1.807) is 36.3 Å². The molecule has 148 valence electrons. The zero-order valence-corrected chi connectivity index (χ0v) is 16.9. The van der Waals surface area contributed by atoms with E-state index in [2.05, 4.69) is 15.5 Å². The van der Waals surface area contributed by atoms with Crippen LogP contribution in [0.4, 0.5) is 10.8 Å². The molecule has 8 heteroatoms.